The Balaban J connectivity index is 2.10. The first-order chi connectivity index (χ1) is 12.0. The van der Waals surface area contributed by atoms with Gasteiger partial charge in [-0.15, -0.1) is 11.3 Å². The topological polar surface area (TPSA) is 83.6 Å². The van der Waals surface area contributed by atoms with Gasteiger partial charge in [0.05, 0.1) is 39.7 Å². The van der Waals surface area contributed by atoms with Gasteiger partial charge in [0.1, 0.15) is 0 Å². The maximum absolute atomic E-state index is 12.7. The summed E-state index contributed by atoms with van der Waals surface area (Å²) in [7, 11) is 0. The Morgan fingerprint density at radius 3 is 2.88 bits per heavy atom. The van der Waals surface area contributed by atoms with E-state index in [-0.39, 0.29) is 17.9 Å². The van der Waals surface area contributed by atoms with Crippen LogP contribution in [0.1, 0.15) is 37.2 Å². The normalized spacial score (nSPS) is 12.3. The van der Waals surface area contributed by atoms with Gasteiger partial charge in [-0.3, -0.25) is 4.79 Å². The number of nitriles is 1. The first kappa shape index (κ1) is 17.1. The van der Waals surface area contributed by atoms with E-state index in [9.17, 15) is 4.79 Å². The molecule has 3 aromatic heterocycles. The van der Waals surface area contributed by atoms with Crippen molar-refractivity contribution in [3.63, 3.8) is 0 Å². The lowest BCUT2D eigenvalue weighted by Crippen LogP contribution is -2.28. The Morgan fingerprint density at radius 2 is 2.24 bits per heavy atom. The van der Waals surface area contributed by atoms with Crippen LogP contribution in [0.5, 0.6) is 0 Å². The highest BCUT2D eigenvalue weighted by Crippen LogP contribution is 2.28. The Labute approximate surface area is 150 Å². The Morgan fingerprint density at radius 1 is 1.44 bits per heavy atom. The van der Waals surface area contributed by atoms with Crippen molar-refractivity contribution in [2.45, 2.75) is 26.8 Å². The van der Waals surface area contributed by atoms with E-state index in [1.807, 2.05) is 36.0 Å². The molecule has 3 aromatic rings. The molecule has 0 aliphatic rings. The summed E-state index contributed by atoms with van der Waals surface area (Å²) in [6.45, 7) is 6.14. The monoisotopic (exact) mass is 353 g/mol. The molecule has 1 atom stereocenters. The van der Waals surface area contributed by atoms with E-state index in [4.69, 9.17) is 10.2 Å². The van der Waals surface area contributed by atoms with Gasteiger partial charge in [-0.1, -0.05) is 6.07 Å². The van der Waals surface area contributed by atoms with E-state index >= 15 is 0 Å². The number of fused-ring (bicyclic) bond motifs is 1. The fourth-order valence-electron chi connectivity index (χ4n) is 2.52. The minimum atomic E-state index is -0.239. The van der Waals surface area contributed by atoms with Crippen LogP contribution < -0.4 is 5.32 Å². The highest BCUT2D eigenvalue weighted by atomic mass is 32.1. The molecule has 3 rings (SSSR count). The van der Waals surface area contributed by atoms with Gasteiger partial charge in [-0.05, 0) is 38.3 Å². The van der Waals surface area contributed by atoms with Crippen LogP contribution in [-0.4, -0.2) is 27.2 Å². The summed E-state index contributed by atoms with van der Waals surface area (Å²) in [4.78, 5) is 18.4. The number of aromatic nitrogens is 3. The molecule has 0 bridgehead atoms. The molecule has 0 saturated heterocycles. The van der Waals surface area contributed by atoms with Crippen molar-refractivity contribution in [2.75, 3.05) is 6.54 Å². The minimum Gasteiger partial charge on any atom is -0.351 e. The highest BCUT2D eigenvalue weighted by molar-refractivity contribution is 7.13. The zero-order chi connectivity index (χ0) is 18.0. The molecule has 0 aliphatic heterocycles. The van der Waals surface area contributed by atoms with Crippen molar-refractivity contribution >= 4 is 28.3 Å². The van der Waals surface area contributed by atoms with Gasteiger partial charge in [-0.2, -0.15) is 10.4 Å². The lowest BCUT2D eigenvalue weighted by molar-refractivity contribution is 0.0952. The maximum Gasteiger partial charge on any atom is 0.252 e. The SMILES string of the molecule is CC(C#N)CNC(=O)c1cc(-c2cccs2)nc2c1cnn2C(C)C. The first-order valence-corrected chi connectivity index (χ1v) is 8.99. The fourth-order valence-corrected chi connectivity index (χ4v) is 3.21. The number of carbonyl (C=O) groups excluding carboxylic acids is 1. The summed E-state index contributed by atoms with van der Waals surface area (Å²) >= 11 is 1.58. The molecule has 0 saturated carbocycles. The molecule has 3 heterocycles. The third-order valence-electron chi connectivity index (χ3n) is 3.86. The average Bonchev–Trinajstić information content (AvgIpc) is 3.27. The Kier molecular flexibility index (Phi) is 4.81. The number of rotatable bonds is 5. The predicted octanol–water partition coefficient (Wildman–Crippen LogP) is 3.63. The van der Waals surface area contributed by atoms with Gasteiger partial charge >= 0.3 is 0 Å². The number of carbonyl (C=O) groups is 1. The van der Waals surface area contributed by atoms with Crippen LogP contribution in [0.15, 0.2) is 29.8 Å². The molecule has 25 heavy (non-hydrogen) atoms. The Bertz CT molecular complexity index is 936. The molecule has 0 spiro atoms. The predicted molar refractivity (Wildman–Crippen MR) is 98.3 cm³/mol. The molecule has 1 N–H and O–H groups in total. The van der Waals surface area contributed by atoms with Crippen molar-refractivity contribution in [1.82, 2.24) is 20.1 Å². The molecular formula is C18H19N5OS. The van der Waals surface area contributed by atoms with Crippen LogP contribution in [0.2, 0.25) is 0 Å². The number of thiophene rings is 1. The number of hydrogen-bond acceptors (Lipinski definition) is 5. The van der Waals surface area contributed by atoms with Crippen LogP contribution in [0.4, 0.5) is 0 Å². The number of hydrogen-bond donors (Lipinski definition) is 1. The van der Waals surface area contributed by atoms with Gasteiger partial charge in [0.2, 0.25) is 0 Å². The van der Waals surface area contributed by atoms with Crippen molar-refractivity contribution < 1.29 is 4.79 Å². The zero-order valence-corrected chi connectivity index (χ0v) is 15.2. The highest BCUT2D eigenvalue weighted by Gasteiger charge is 2.19. The summed E-state index contributed by atoms with van der Waals surface area (Å²) in [6, 6.07) is 7.99. The first-order valence-electron chi connectivity index (χ1n) is 8.11. The van der Waals surface area contributed by atoms with E-state index < -0.39 is 0 Å². The summed E-state index contributed by atoms with van der Waals surface area (Å²) < 4.78 is 1.82. The second-order valence-electron chi connectivity index (χ2n) is 6.19. The zero-order valence-electron chi connectivity index (χ0n) is 14.4. The van der Waals surface area contributed by atoms with Crippen LogP contribution in [0.25, 0.3) is 21.6 Å². The van der Waals surface area contributed by atoms with E-state index in [2.05, 4.69) is 16.5 Å². The lowest BCUT2D eigenvalue weighted by atomic mass is 10.1. The van der Waals surface area contributed by atoms with Gasteiger partial charge < -0.3 is 5.32 Å². The molecule has 0 radical (unpaired) electrons. The van der Waals surface area contributed by atoms with E-state index in [1.165, 1.54) is 0 Å². The van der Waals surface area contributed by atoms with Crippen LogP contribution in [-0.2, 0) is 0 Å². The van der Waals surface area contributed by atoms with E-state index in [0.717, 1.165) is 16.0 Å². The molecule has 0 aliphatic carbocycles. The van der Waals surface area contributed by atoms with Gasteiger partial charge in [0, 0.05) is 12.6 Å². The minimum absolute atomic E-state index is 0.137. The largest absolute Gasteiger partial charge is 0.351 e. The third kappa shape index (κ3) is 3.39. The quantitative estimate of drug-likeness (QED) is 0.759. The number of amides is 1. The smallest absolute Gasteiger partial charge is 0.252 e. The van der Waals surface area contributed by atoms with Crippen molar-refractivity contribution in [3.05, 3.63) is 35.3 Å². The molecule has 6 nitrogen and oxygen atoms in total. The van der Waals surface area contributed by atoms with Crippen LogP contribution in [0.3, 0.4) is 0 Å². The Hall–Kier alpha value is -2.72. The number of pyridine rings is 1. The molecule has 1 unspecified atom stereocenters. The maximum atomic E-state index is 12.7. The molecule has 0 fully saturated rings. The molecule has 1 amide bonds. The summed E-state index contributed by atoms with van der Waals surface area (Å²) in [6.07, 6.45) is 1.68. The molecule has 0 aromatic carbocycles. The molecule has 128 valence electrons. The lowest BCUT2D eigenvalue weighted by Gasteiger charge is -2.11. The van der Waals surface area contributed by atoms with Crippen molar-refractivity contribution in [1.29, 1.82) is 5.26 Å². The van der Waals surface area contributed by atoms with Crippen LogP contribution >= 0.6 is 11.3 Å². The molecule has 7 heteroatoms. The number of nitrogens with one attached hydrogen (secondary N) is 1. The summed E-state index contributed by atoms with van der Waals surface area (Å²) in [5, 5.41) is 18.8. The van der Waals surface area contributed by atoms with E-state index in [1.54, 1.807) is 30.5 Å². The average molecular weight is 353 g/mol. The van der Waals surface area contributed by atoms with Gasteiger partial charge in [0.15, 0.2) is 5.65 Å². The van der Waals surface area contributed by atoms with Gasteiger partial charge in [-0.25, -0.2) is 9.67 Å². The molecular weight excluding hydrogens is 334 g/mol. The van der Waals surface area contributed by atoms with Crippen LogP contribution in [0, 0.1) is 17.2 Å². The second kappa shape index (κ2) is 7.03. The number of nitrogens with zero attached hydrogens (tertiary/aromatic N) is 4. The summed E-state index contributed by atoms with van der Waals surface area (Å²) in [5.74, 6) is -0.452. The van der Waals surface area contributed by atoms with Crippen molar-refractivity contribution in [3.8, 4) is 16.6 Å². The third-order valence-corrected chi connectivity index (χ3v) is 4.76. The standard InChI is InChI=1S/C18H19N5OS/c1-11(2)23-17-14(10-21-23)13(18(24)20-9-12(3)8-19)7-15(22-17)16-5-4-6-25-16/h4-7,10-12H,9H2,1-3H3,(H,20,24). The van der Waals surface area contributed by atoms with Crippen molar-refractivity contribution in [2.24, 2.45) is 5.92 Å². The fraction of sp³-hybridized carbons (Fsp3) is 0.333. The van der Waals surface area contributed by atoms with Gasteiger partial charge in [0.25, 0.3) is 5.91 Å². The second-order valence-corrected chi connectivity index (χ2v) is 7.14. The summed E-state index contributed by atoms with van der Waals surface area (Å²) in [5.41, 5.74) is 1.98. The van der Waals surface area contributed by atoms with E-state index in [0.29, 0.717) is 17.8 Å².